The van der Waals surface area contributed by atoms with Gasteiger partial charge in [0.25, 0.3) is 0 Å². The number of amides is 1. The van der Waals surface area contributed by atoms with E-state index in [4.69, 9.17) is 5.11 Å². The number of rotatable bonds is 6. The Hall–Kier alpha value is -1.36. The van der Waals surface area contributed by atoms with Gasteiger partial charge in [-0.3, -0.25) is 9.59 Å². The highest BCUT2D eigenvalue weighted by molar-refractivity contribution is 9.10. The third-order valence-electron chi connectivity index (χ3n) is 2.74. The highest BCUT2D eigenvalue weighted by atomic mass is 79.9. The lowest BCUT2D eigenvalue weighted by Gasteiger charge is -2.11. The summed E-state index contributed by atoms with van der Waals surface area (Å²) in [5, 5.41) is 11.4. The van der Waals surface area contributed by atoms with E-state index in [-0.39, 0.29) is 12.3 Å². The summed E-state index contributed by atoms with van der Waals surface area (Å²) in [5.74, 6) is -0.907. The van der Waals surface area contributed by atoms with E-state index >= 15 is 0 Å². The van der Waals surface area contributed by atoms with E-state index in [2.05, 4.69) is 21.2 Å². The van der Waals surface area contributed by atoms with Gasteiger partial charge in [-0.1, -0.05) is 6.07 Å². The van der Waals surface area contributed by atoms with Gasteiger partial charge < -0.3 is 10.4 Å². The fourth-order valence-electron chi connectivity index (χ4n) is 1.84. The number of nitrogens with one attached hydrogen (secondary N) is 1. The number of benzene rings is 1. The predicted molar refractivity (Wildman–Crippen MR) is 78.3 cm³/mol. The molecule has 104 valence electrons. The summed E-state index contributed by atoms with van der Waals surface area (Å²) in [6, 6.07) is 3.96. The lowest BCUT2D eigenvalue weighted by Crippen LogP contribution is -2.13. The first-order valence-electron chi connectivity index (χ1n) is 6.18. The van der Waals surface area contributed by atoms with E-state index in [0.29, 0.717) is 19.3 Å². The van der Waals surface area contributed by atoms with Crippen LogP contribution in [0, 0.1) is 13.8 Å². The Balaban J connectivity index is 2.51. The largest absolute Gasteiger partial charge is 0.481 e. The van der Waals surface area contributed by atoms with Crippen LogP contribution < -0.4 is 5.32 Å². The van der Waals surface area contributed by atoms with Crippen LogP contribution >= 0.6 is 15.9 Å². The number of carbonyl (C=O) groups is 2. The zero-order chi connectivity index (χ0) is 14.4. The fraction of sp³-hybridized carbons (Fsp3) is 0.429. The summed E-state index contributed by atoms with van der Waals surface area (Å²) in [5.41, 5.74) is 2.92. The molecule has 1 aromatic rings. The molecule has 1 amide bonds. The first-order chi connectivity index (χ1) is 8.90. The SMILES string of the molecule is Cc1cc(C)c(NC(=O)CCCCC(=O)O)c(Br)c1. The zero-order valence-corrected chi connectivity index (χ0v) is 12.7. The average molecular weight is 328 g/mol. The molecular weight excluding hydrogens is 310 g/mol. The minimum atomic E-state index is -0.822. The zero-order valence-electron chi connectivity index (χ0n) is 11.1. The highest BCUT2D eigenvalue weighted by Crippen LogP contribution is 2.27. The second-order valence-electron chi connectivity index (χ2n) is 4.59. The average Bonchev–Trinajstić information content (AvgIpc) is 2.29. The normalized spacial score (nSPS) is 10.3. The lowest BCUT2D eigenvalue weighted by molar-refractivity contribution is -0.137. The standard InChI is InChI=1S/C14H18BrNO3/c1-9-7-10(2)14(11(15)8-9)16-12(17)5-3-4-6-13(18)19/h7-8H,3-6H2,1-2H3,(H,16,17)(H,18,19). The van der Waals surface area contributed by atoms with E-state index in [1.807, 2.05) is 26.0 Å². The molecule has 0 radical (unpaired) electrons. The summed E-state index contributed by atoms with van der Waals surface area (Å²) < 4.78 is 0.865. The maximum atomic E-state index is 11.8. The number of carboxylic acids is 1. The molecular formula is C14H18BrNO3. The van der Waals surface area contributed by atoms with Crippen LogP contribution in [-0.4, -0.2) is 17.0 Å². The van der Waals surface area contributed by atoms with E-state index in [0.717, 1.165) is 21.3 Å². The Morgan fingerprint density at radius 2 is 1.84 bits per heavy atom. The molecule has 0 aliphatic carbocycles. The van der Waals surface area contributed by atoms with Crippen LogP contribution in [0.2, 0.25) is 0 Å². The molecule has 19 heavy (non-hydrogen) atoms. The Morgan fingerprint density at radius 3 is 2.42 bits per heavy atom. The van der Waals surface area contributed by atoms with Crippen molar-refractivity contribution in [1.29, 1.82) is 0 Å². The van der Waals surface area contributed by atoms with Crippen molar-refractivity contribution in [3.63, 3.8) is 0 Å². The van der Waals surface area contributed by atoms with E-state index in [9.17, 15) is 9.59 Å². The first-order valence-corrected chi connectivity index (χ1v) is 6.98. The molecule has 0 unspecified atom stereocenters. The van der Waals surface area contributed by atoms with Crippen molar-refractivity contribution in [3.05, 3.63) is 27.7 Å². The number of anilines is 1. The van der Waals surface area contributed by atoms with Gasteiger partial charge in [0.1, 0.15) is 0 Å². The van der Waals surface area contributed by atoms with Gasteiger partial charge in [-0.15, -0.1) is 0 Å². The fourth-order valence-corrected chi connectivity index (χ4v) is 2.61. The minimum absolute atomic E-state index is 0.0851. The quantitative estimate of drug-likeness (QED) is 0.784. The predicted octanol–water partition coefficient (Wildman–Crippen LogP) is 3.65. The van der Waals surface area contributed by atoms with Crippen LogP contribution in [0.1, 0.15) is 36.8 Å². The minimum Gasteiger partial charge on any atom is -0.481 e. The summed E-state index contributed by atoms with van der Waals surface area (Å²) >= 11 is 3.43. The molecule has 0 aliphatic heterocycles. The number of carbonyl (C=O) groups excluding carboxylic acids is 1. The van der Waals surface area contributed by atoms with Gasteiger partial charge in [0.2, 0.25) is 5.91 Å². The van der Waals surface area contributed by atoms with Gasteiger partial charge >= 0.3 is 5.97 Å². The summed E-state index contributed by atoms with van der Waals surface area (Å²) in [6.07, 6.45) is 1.56. The van der Waals surface area contributed by atoms with Crippen LogP contribution in [0.15, 0.2) is 16.6 Å². The molecule has 4 nitrogen and oxygen atoms in total. The molecule has 0 saturated carbocycles. The number of carboxylic acid groups (broad SMARTS) is 1. The van der Waals surface area contributed by atoms with E-state index in [1.165, 1.54) is 0 Å². The number of hydrogen-bond donors (Lipinski definition) is 2. The third-order valence-corrected chi connectivity index (χ3v) is 3.37. The van der Waals surface area contributed by atoms with E-state index < -0.39 is 5.97 Å². The summed E-state index contributed by atoms with van der Waals surface area (Å²) in [6.45, 7) is 3.94. The van der Waals surface area contributed by atoms with Gasteiger partial charge in [0.15, 0.2) is 0 Å². The molecule has 1 aromatic carbocycles. The Labute approximate surface area is 121 Å². The molecule has 0 atom stereocenters. The van der Waals surface area contributed by atoms with Crippen molar-refractivity contribution < 1.29 is 14.7 Å². The second-order valence-corrected chi connectivity index (χ2v) is 5.44. The number of aliphatic carboxylic acids is 1. The van der Waals surface area contributed by atoms with Gasteiger partial charge in [0, 0.05) is 17.3 Å². The van der Waals surface area contributed by atoms with Gasteiger partial charge in [-0.2, -0.15) is 0 Å². The second kappa shape index (κ2) is 7.28. The number of unbranched alkanes of at least 4 members (excludes halogenated alkanes) is 1. The van der Waals surface area contributed by atoms with Crippen LogP contribution in [-0.2, 0) is 9.59 Å². The maximum Gasteiger partial charge on any atom is 0.303 e. The number of hydrogen-bond acceptors (Lipinski definition) is 2. The lowest BCUT2D eigenvalue weighted by atomic mass is 10.1. The van der Waals surface area contributed by atoms with Crippen molar-refractivity contribution in [2.45, 2.75) is 39.5 Å². The molecule has 0 bridgehead atoms. The van der Waals surface area contributed by atoms with Gasteiger partial charge in [-0.25, -0.2) is 0 Å². The first kappa shape index (κ1) is 15.7. The summed E-state index contributed by atoms with van der Waals surface area (Å²) in [7, 11) is 0. The Morgan fingerprint density at radius 1 is 1.21 bits per heavy atom. The highest BCUT2D eigenvalue weighted by Gasteiger charge is 2.09. The smallest absolute Gasteiger partial charge is 0.303 e. The molecule has 0 spiro atoms. The molecule has 5 heteroatoms. The molecule has 2 N–H and O–H groups in total. The monoisotopic (exact) mass is 327 g/mol. The number of halogens is 1. The Bertz CT molecular complexity index is 463. The van der Waals surface area contributed by atoms with Crippen LogP contribution in [0.4, 0.5) is 5.69 Å². The van der Waals surface area contributed by atoms with Gasteiger partial charge in [0.05, 0.1) is 5.69 Å². The van der Waals surface area contributed by atoms with Crippen molar-refractivity contribution in [3.8, 4) is 0 Å². The maximum absolute atomic E-state index is 11.8. The summed E-state index contributed by atoms with van der Waals surface area (Å²) in [4.78, 5) is 22.1. The Kier molecular flexibility index (Phi) is 6.02. The van der Waals surface area contributed by atoms with Crippen LogP contribution in [0.5, 0.6) is 0 Å². The van der Waals surface area contributed by atoms with E-state index in [1.54, 1.807) is 0 Å². The van der Waals surface area contributed by atoms with Crippen LogP contribution in [0.25, 0.3) is 0 Å². The van der Waals surface area contributed by atoms with Crippen LogP contribution in [0.3, 0.4) is 0 Å². The topological polar surface area (TPSA) is 66.4 Å². The van der Waals surface area contributed by atoms with Crippen molar-refractivity contribution in [2.24, 2.45) is 0 Å². The molecule has 0 aliphatic rings. The van der Waals surface area contributed by atoms with Crippen molar-refractivity contribution in [2.75, 3.05) is 5.32 Å². The molecule has 1 rings (SSSR count). The molecule has 0 saturated heterocycles. The van der Waals surface area contributed by atoms with Gasteiger partial charge in [-0.05, 0) is 59.8 Å². The van der Waals surface area contributed by atoms with Crippen molar-refractivity contribution >= 4 is 33.5 Å². The number of aryl methyl sites for hydroxylation is 2. The molecule has 0 heterocycles. The molecule has 0 aromatic heterocycles. The molecule has 0 fully saturated rings. The third kappa shape index (κ3) is 5.42. The van der Waals surface area contributed by atoms with Crippen molar-refractivity contribution in [1.82, 2.24) is 0 Å².